The van der Waals surface area contributed by atoms with E-state index in [1.165, 1.54) is 24.3 Å². The molecule has 0 bridgehead atoms. The summed E-state index contributed by atoms with van der Waals surface area (Å²) >= 11 is 11.6. The standard InChI is InChI=1S/C14H11Cl2NO4/c1-7-12(14(19)20)5-11(21-7)6-17-13(18)8-2-9(15)4-10(16)3-8/h2-5H,6H2,1H3,(H,17,18)(H,19,20). The van der Waals surface area contributed by atoms with Crippen LogP contribution in [0.15, 0.2) is 28.7 Å². The number of carboxylic acids is 1. The van der Waals surface area contributed by atoms with Crippen molar-refractivity contribution in [1.82, 2.24) is 5.32 Å². The quantitative estimate of drug-likeness (QED) is 0.900. The van der Waals surface area contributed by atoms with Crippen molar-refractivity contribution in [2.45, 2.75) is 13.5 Å². The third-order valence-corrected chi connectivity index (χ3v) is 3.18. The van der Waals surface area contributed by atoms with E-state index in [0.29, 0.717) is 21.4 Å². The molecule has 1 amide bonds. The fourth-order valence-electron chi connectivity index (χ4n) is 1.80. The Hall–Kier alpha value is -1.98. The van der Waals surface area contributed by atoms with Gasteiger partial charge in [0.25, 0.3) is 5.91 Å². The molecule has 0 spiro atoms. The van der Waals surface area contributed by atoms with Gasteiger partial charge in [0, 0.05) is 15.6 Å². The van der Waals surface area contributed by atoms with Crippen molar-refractivity contribution in [2.24, 2.45) is 0 Å². The van der Waals surface area contributed by atoms with E-state index in [1.54, 1.807) is 6.92 Å². The molecule has 0 aliphatic heterocycles. The maximum Gasteiger partial charge on any atom is 0.339 e. The smallest absolute Gasteiger partial charge is 0.339 e. The number of hydrogen-bond donors (Lipinski definition) is 2. The molecule has 0 atom stereocenters. The van der Waals surface area contributed by atoms with Gasteiger partial charge in [0.05, 0.1) is 6.54 Å². The van der Waals surface area contributed by atoms with Crippen molar-refractivity contribution in [1.29, 1.82) is 0 Å². The van der Waals surface area contributed by atoms with Crippen LogP contribution in [0.25, 0.3) is 0 Å². The lowest BCUT2D eigenvalue weighted by Gasteiger charge is -2.04. The molecule has 2 N–H and O–H groups in total. The summed E-state index contributed by atoms with van der Waals surface area (Å²) in [5.41, 5.74) is 0.388. The van der Waals surface area contributed by atoms with Gasteiger partial charge in [-0.25, -0.2) is 4.79 Å². The molecule has 0 saturated heterocycles. The molecule has 21 heavy (non-hydrogen) atoms. The molecule has 0 saturated carbocycles. The summed E-state index contributed by atoms with van der Waals surface area (Å²) in [7, 11) is 0. The van der Waals surface area contributed by atoms with E-state index >= 15 is 0 Å². The van der Waals surface area contributed by atoms with Gasteiger partial charge < -0.3 is 14.8 Å². The predicted molar refractivity (Wildman–Crippen MR) is 78.0 cm³/mol. The molecule has 1 heterocycles. The molecule has 0 aliphatic rings. The number of rotatable bonds is 4. The Labute approximate surface area is 130 Å². The van der Waals surface area contributed by atoms with E-state index < -0.39 is 5.97 Å². The average molecular weight is 328 g/mol. The number of hydrogen-bond acceptors (Lipinski definition) is 3. The summed E-state index contributed by atoms with van der Waals surface area (Å²) in [6, 6.07) is 5.87. The number of aryl methyl sites for hydroxylation is 1. The monoisotopic (exact) mass is 327 g/mol. The van der Waals surface area contributed by atoms with E-state index in [2.05, 4.69) is 5.32 Å². The third kappa shape index (κ3) is 3.77. The lowest BCUT2D eigenvalue weighted by atomic mass is 10.2. The first kappa shape index (κ1) is 15.4. The Bertz CT molecular complexity index is 689. The van der Waals surface area contributed by atoms with E-state index in [4.69, 9.17) is 32.7 Å². The molecular weight excluding hydrogens is 317 g/mol. The minimum absolute atomic E-state index is 0.0666. The van der Waals surface area contributed by atoms with Gasteiger partial charge in [0.2, 0.25) is 0 Å². The first-order valence-corrected chi connectivity index (χ1v) is 6.69. The van der Waals surface area contributed by atoms with Crippen LogP contribution in [0.1, 0.15) is 32.2 Å². The number of halogens is 2. The number of aromatic carboxylic acids is 1. The molecule has 110 valence electrons. The highest BCUT2D eigenvalue weighted by Crippen LogP contribution is 2.19. The number of carboxylic acid groups (broad SMARTS) is 1. The largest absolute Gasteiger partial charge is 0.478 e. The van der Waals surface area contributed by atoms with Crippen LogP contribution in [-0.4, -0.2) is 17.0 Å². The van der Waals surface area contributed by atoms with Gasteiger partial charge in [0.1, 0.15) is 17.1 Å². The second-order valence-electron chi connectivity index (χ2n) is 4.33. The normalized spacial score (nSPS) is 10.4. The van der Waals surface area contributed by atoms with Gasteiger partial charge in [-0.15, -0.1) is 0 Å². The molecule has 2 aromatic rings. The van der Waals surface area contributed by atoms with E-state index in [0.717, 1.165) is 0 Å². The maximum atomic E-state index is 12.0. The number of amides is 1. The van der Waals surface area contributed by atoms with Crippen molar-refractivity contribution >= 4 is 35.1 Å². The number of carbonyl (C=O) groups is 2. The first-order valence-electron chi connectivity index (χ1n) is 5.93. The van der Waals surface area contributed by atoms with Crippen LogP contribution in [0.3, 0.4) is 0 Å². The molecule has 0 unspecified atom stereocenters. The number of furan rings is 1. The summed E-state index contributed by atoms with van der Waals surface area (Å²) in [5.74, 6) is -0.815. The van der Waals surface area contributed by atoms with Crippen LogP contribution >= 0.6 is 23.2 Å². The van der Waals surface area contributed by atoms with Crippen LogP contribution in [0.4, 0.5) is 0 Å². The topological polar surface area (TPSA) is 79.5 Å². The van der Waals surface area contributed by atoms with Crippen molar-refractivity contribution in [2.75, 3.05) is 0 Å². The molecule has 0 fully saturated rings. The van der Waals surface area contributed by atoms with E-state index in [1.807, 2.05) is 0 Å². The number of benzene rings is 1. The van der Waals surface area contributed by atoms with Crippen LogP contribution in [-0.2, 0) is 6.54 Å². The van der Waals surface area contributed by atoms with Gasteiger partial charge >= 0.3 is 5.97 Å². The van der Waals surface area contributed by atoms with Gasteiger partial charge in [-0.3, -0.25) is 4.79 Å². The summed E-state index contributed by atoms with van der Waals surface area (Å²) in [4.78, 5) is 22.9. The van der Waals surface area contributed by atoms with Crippen molar-refractivity contribution < 1.29 is 19.1 Å². The van der Waals surface area contributed by atoms with Crippen molar-refractivity contribution in [3.05, 3.63) is 57.0 Å². The molecule has 7 heteroatoms. The molecule has 0 aliphatic carbocycles. The lowest BCUT2D eigenvalue weighted by Crippen LogP contribution is -2.22. The average Bonchev–Trinajstić information content (AvgIpc) is 2.76. The fraction of sp³-hybridized carbons (Fsp3) is 0.143. The lowest BCUT2D eigenvalue weighted by molar-refractivity contribution is 0.0694. The van der Waals surface area contributed by atoms with Gasteiger partial charge in [-0.2, -0.15) is 0 Å². The van der Waals surface area contributed by atoms with Gasteiger partial charge in [-0.1, -0.05) is 23.2 Å². The van der Waals surface area contributed by atoms with Crippen molar-refractivity contribution in [3.8, 4) is 0 Å². The Morgan fingerprint density at radius 3 is 2.33 bits per heavy atom. The van der Waals surface area contributed by atoms with Crippen molar-refractivity contribution in [3.63, 3.8) is 0 Å². The Morgan fingerprint density at radius 1 is 1.19 bits per heavy atom. The predicted octanol–water partition coefficient (Wildman–Crippen LogP) is 3.52. The Morgan fingerprint density at radius 2 is 1.81 bits per heavy atom. The molecule has 1 aromatic heterocycles. The van der Waals surface area contributed by atoms with E-state index in [9.17, 15) is 9.59 Å². The van der Waals surface area contributed by atoms with Gasteiger partial charge in [-0.05, 0) is 31.2 Å². The molecular formula is C14H11Cl2NO4. The molecule has 0 radical (unpaired) electrons. The summed E-state index contributed by atoms with van der Waals surface area (Å²) in [5, 5.41) is 12.2. The second kappa shape index (κ2) is 6.20. The second-order valence-corrected chi connectivity index (χ2v) is 5.20. The summed E-state index contributed by atoms with van der Waals surface area (Å²) in [6.45, 7) is 1.61. The van der Waals surface area contributed by atoms with Crippen LogP contribution in [0.5, 0.6) is 0 Å². The van der Waals surface area contributed by atoms with E-state index in [-0.39, 0.29) is 23.8 Å². The third-order valence-electron chi connectivity index (χ3n) is 2.75. The SMILES string of the molecule is Cc1oc(CNC(=O)c2cc(Cl)cc(Cl)c2)cc1C(=O)O. The maximum absolute atomic E-state index is 12.0. The van der Waals surface area contributed by atoms with Crippen LogP contribution in [0, 0.1) is 6.92 Å². The summed E-state index contributed by atoms with van der Waals surface area (Å²) < 4.78 is 5.26. The Balaban J connectivity index is 2.07. The number of carbonyl (C=O) groups excluding carboxylic acids is 1. The zero-order valence-electron chi connectivity index (χ0n) is 10.9. The highest BCUT2D eigenvalue weighted by Gasteiger charge is 2.14. The molecule has 1 aromatic carbocycles. The minimum atomic E-state index is -1.07. The molecule has 2 rings (SSSR count). The number of nitrogens with one attached hydrogen (secondary N) is 1. The van der Waals surface area contributed by atoms with Crippen LogP contribution in [0.2, 0.25) is 10.0 Å². The Kier molecular flexibility index (Phi) is 4.55. The van der Waals surface area contributed by atoms with Crippen LogP contribution < -0.4 is 5.32 Å². The zero-order valence-corrected chi connectivity index (χ0v) is 12.5. The minimum Gasteiger partial charge on any atom is -0.478 e. The summed E-state index contributed by atoms with van der Waals surface area (Å²) in [6.07, 6.45) is 0. The molecule has 5 nitrogen and oxygen atoms in total. The fourth-order valence-corrected chi connectivity index (χ4v) is 2.32. The highest BCUT2D eigenvalue weighted by atomic mass is 35.5. The zero-order chi connectivity index (χ0) is 15.6. The van der Waals surface area contributed by atoms with Gasteiger partial charge in [0.15, 0.2) is 0 Å². The highest BCUT2D eigenvalue weighted by molar-refractivity contribution is 6.35. The first-order chi connectivity index (χ1) is 9.86.